The highest BCUT2D eigenvalue weighted by molar-refractivity contribution is 7.92. The predicted molar refractivity (Wildman–Crippen MR) is 138 cm³/mol. The standard InChI is InChI=1S/C26H31FN4O4S/c1-26(18-27,19-6-7-19)24(32)28-20-8-10-22(11-9-20)30-36(34,35)23-14-12-21(13-15-23)29-25(33)31-16-4-2-3-5-17-31/h6,8-15,30H,2-5,7,16-18H2,1H3,(H,28,32)(H,29,33). The van der Waals surface area contributed by atoms with Gasteiger partial charge in [-0.05, 0) is 74.7 Å². The van der Waals surface area contributed by atoms with Crippen molar-refractivity contribution < 1.29 is 22.4 Å². The molecule has 0 saturated carbocycles. The maximum atomic E-state index is 13.5. The van der Waals surface area contributed by atoms with Gasteiger partial charge >= 0.3 is 6.03 Å². The van der Waals surface area contributed by atoms with Crippen LogP contribution in [-0.4, -0.2) is 45.0 Å². The number of nitrogens with one attached hydrogen (secondary N) is 3. The van der Waals surface area contributed by atoms with Crippen LogP contribution < -0.4 is 15.4 Å². The van der Waals surface area contributed by atoms with Gasteiger partial charge in [-0.25, -0.2) is 17.6 Å². The number of halogens is 1. The van der Waals surface area contributed by atoms with E-state index in [1.807, 2.05) is 6.08 Å². The van der Waals surface area contributed by atoms with Crippen molar-refractivity contribution in [1.29, 1.82) is 0 Å². The van der Waals surface area contributed by atoms with Crippen LogP contribution in [-0.2, 0) is 14.8 Å². The van der Waals surface area contributed by atoms with Crippen LogP contribution in [0.1, 0.15) is 39.0 Å². The van der Waals surface area contributed by atoms with Crippen molar-refractivity contribution in [3.05, 3.63) is 60.2 Å². The lowest BCUT2D eigenvalue weighted by Gasteiger charge is -2.22. The fourth-order valence-corrected chi connectivity index (χ4v) is 5.15. The van der Waals surface area contributed by atoms with Crippen LogP contribution in [0.5, 0.6) is 0 Å². The van der Waals surface area contributed by atoms with E-state index < -0.39 is 28.0 Å². The Balaban J connectivity index is 1.35. The van der Waals surface area contributed by atoms with Gasteiger partial charge in [0.1, 0.15) is 6.67 Å². The second kappa shape index (κ2) is 10.7. The fraction of sp³-hybridized carbons (Fsp3) is 0.385. The Morgan fingerprint density at radius 1 is 0.889 bits per heavy atom. The topological polar surface area (TPSA) is 108 Å². The Labute approximate surface area is 211 Å². The summed E-state index contributed by atoms with van der Waals surface area (Å²) in [5, 5.41) is 5.52. The molecule has 0 radical (unpaired) electrons. The van der Waals surface area contributed by atoms with Gasteiger partial charge < -0.3 is 15.5 Å². The molecule has 1 aliphatic carbocycles. The molecule has 1 heterocycles. The summed E-state index contributed by atoms with van der Waals surface area (Å²) in [5.74, 6) is -0.440. The summed E-state index contributed by atoms with van der Waals surface area (Å²) in [5.41, 5.74) is 0.863. The van der Waals surface area contributed by atoms with Crippen molar-refractivity contribution in [2.24, 2.45) is 5.41 Å². The maximum Gasteiger partial charge on any atom is 0.321 e. The molecule has 2 aromatic carbocycles. The van der Waals surface area contributed by atoms with Gasteiger partial charge in [0.2, 0.25) is 5.91 Å². The highest BCUT2D eigenvalue weighted by atomic mass is 32.2. The van der Waals surface area contributed by atoms with Crippen molar-refractivity contribution in [2.45, 2.75) is 43.9 Å². The van der Waals surface area contributed by atoms with E-state index in [1.54, 1.807) is 36.1 Å². The average Bonchev–Trinajstić information content (AvgIpc) is 3.72. The van der Waals surface area contributed by atoms with Crippen LogP contribution in [0.15, 0.2) is 65.1 Å². The SMILES string of the molecule is CC(CF)(C(=O)Nc1ccc(NS(=O)(=O)c2ccc(NC(=O)N3CCCCCC3)cc2)cc1)C1=CC1. The lowest BCUT2D eigenvalue weighted by Crippen LogP contribution is -2.35. The first-order valence-corrected chi connectivity index (χ1v) is 13.6. The Morgan fingerprint density at radius 3 is 1.97 bits per heavy atom. The molecule has 1 atom stereocenters. The van der Waals surface area contributed by atoms with Crippen LogP contribution in [0.3, 0.4) is 0 Å². The molecule has 1 unspecified atom stereocenters. The highest BCUT2D eigenvalue weighted by Gasteiger charge is 2.40. The van der Waals surface area contributed by atoms with Crippen LogP contribution in [0.25, 0.3) is 0 Å². The van der Waals surface area contributed by atoms with Gasteiger partial charge in [0.15, 0.2) is 0 Å². The van der Waals surface area contributed by atoms with Crippen LogP contribution in [0, 0.1) is 5.41 Å². The third kappa shape index (κ3) is 6.04. The first kappa shape index (κ1) is 25.7. The van der Waals surface area contributed by atoms with Gasteiger partial charge in [-0.2, -0.15) is 0 Å². The van der Waals surface area contributed by atoms with Crippen LogP contribution in [0.4, 0.5) is 26.2 Å². The number of anilines is 3. The normalized spacial score (nSPS) is 17.3. The zero-order valence-electron chi connectivity index (χ0n) is 20.2. The Morgan fingerprint density at radius 2 is 1.42 bits per heavy atom. The van der Waals surface area contributed by atoms with E-state index >= 15 is 0 Å². The summed E-state index contributed by atoms with van der Waals surface area (Å²) in [4.78, 5) is 26.8. The quantitative estimate of drug-likeness (QED) is 0.424. The monoisotopic (exact) mass is 514 g/mol. The number of rotatable bonds is 8. The number of amides is 3. The molecule has 3 N–H and O–H groups in total. The van der Waals surface area contributed by atoms with E-state index in [9.17, 15) is 22.4 Å². The lowest BCUT2D eigenvalue weighted by molar-refractivity contribution is -0.123. The minimum absolute atomic E-state index is 0.0454. The molecule has 10 heteroatoms. The van der Waals surface area contributed by atoms with E-state index in [-0.39, 0.29) is 10.9 Å². The second-order valence-electron chi connectivity index (χ2n) is 9.39. The molecule has 0 bridgehead atoms. The summed E-state index contributed by atoms with van der Waals surface area (Å²) in [7, 11) is -3.87. The molecule has 0 aromatic heterocycles. The molecular weight excluding hydrogens is 483 g/mol. The summed E-state index contributed by atoms with van der Waals surface area (Å²) in [6.45, 7) is 2.22. The van der Waals surface area contributed by atoms with Gasteiger partial charge in [-0.15, -0.1) is 0 Å². The molecule has 36 heavy (non-hydrogen) atoms. The number of carbonyl (C=O) groups is 2. The van der Waals surface area contributed by atoms with Gasteiger partial charge in [0.25, 0.3) is 10.0 Å². The van der Waals surface area contributed by atoms with Crippen molar-refractivity contribution in [1.82, 2.24) is 4.90 Å². The number of hydrogen-bond donors (Lipinski definition) is 3. The zero-order chi connectivity index (χ0) is 25.8. The Kier molecular flexibility index (Phi) is 7.63. The predicted octanol–water partition coefficient (Wildman–Crippen LogP) is 5.14. The maximum absolute atomic E-state index is 13.5. The van der Waals surface area contributed by atoms with Crippen molar-refractivity contribution in [2.75, 3.05) is 35.1 Å². The second-order valence-corrected chi connectivity index (χ2v) is 11.1. The number of nitrogens with zero attached hydrogens (tertiary/aromatic N) is 1. The third-order valence-electron chi connectivity index (χ3n) is 6.59. The van der Waals surface area contributed by atoms with Crippen LogP contribution in [0.2, 0.25) is 0 Å². The fourth-order valence-electron chi connectivity index (χ4n) is 4.09. The van der Waals surface area contributed by atoms with Gasteiger partial charge in [-0.1, -0.05) is 24.5 Å². The number of carbonyl (C=O) groups excluding carboxylic acids is 2. The van der Waals surface area contributed by atoms with Crippen LogP contribution >= 0.6 is 0 Å². The number of alkyl halides is 1. The Bertz CT molecular complexity index is 1240. The van der Waals surface area contributed by atoms with Crippen molar-refractivity contribution in [3.8, 4) is 0 Å². The summed E-state index contributed by atoms with van der Waals surface area (Å²) in [6.07, 6.45) is 6.68. The number of hydrogen-bond acceptors (Lipinski definition) is 4. The van der Waals surface area contributed by atoms with Gasteiger partial charge in [0.05, 0.1) is 10.3 Å². The van der Waals surface area contributed by atoms with E-state index in [0.717, 1.165) is 44.3 Å². The molecule has 2 aromatic rings. The average molecular weight is 515 g/mol. The summed E-state index contributed by atoms with van der Waals surface area (Å²) >= 11 is 0. The molecule has 0 spiro atoms. The highest BCUT2D eigenvalue weighted by Crippen LogP contribution is 2.40. The molecule has 1 aliphatic heterocycles. The molecule has 4 rings (SSSR count). The number of urea groups is 1. The molecule has 1 saturated heterocycles. The summed E-state index contributed by atoms with van der Waals surface area (Å²) < 4.78 is 41.6. The first-order valence-electron chi connectivity index (χ1n) is 12.1. The number of benzene rings is 2. The number of sulfonamides is 1. The molecule has 2 aliphatic rings. The first-order chi connectivity index (χ1) is 17.2. The molecular formula is C26H31FN4O4S. The minimum atomic E-state index is -3.87. The summed E-state index contributed by atoms with van der Waals surface area (Å²) in [6, 6.07) is 11.9. The molecule has 3 amide bonds. The van der Waals surface area contributed by atoms with Crippen molar-refractivity contribution in [3.63, 3.8) is 0 Å². The Hall–Kier alpha value is -3.40. The minimum Gasteiger partial charge on any atom is -0.325 e. The zero-order valence-corrected chi connectivity index (χ0v) is 21.0. The lowest BCUT2D eigenvalue weighted by atomic mass is 9.87. The van der Waals surface area contributed by atoms with E-state index in [4.69, 9.17) is 0 Å². The van der Waals surface area contributed by atoms with E-state index in [1.165, 1.54) is 24.3 Å². The van der Waals surface area contributed by atoms with E-state index in [2.05, 4.69) is 15.4 Å². The van der Waals surface area contributed by atoms with Crippen molar-refractivity contribution >= 4 is 39.0 Å². The molecule has 8 nitrogen and oxygen atoms in total. The smallest absolute Gasteiger partial charge is 0.321 e. The number of likely N-dealkylation sites (tertiary alicyclic amines) is 1. The van der Waals surface area contributed by atoms with Gasteiger partial charge in [-0.3, -0.25) is 9.52 Å². The van der Waals surface area contributed by atoms with E-state index in [0.29, 0.717) is 23.5 Å². The third-order valence-corrected chi connectivity index (χ3v) is 7.99. The molecule has 192 valence electrons. The van der Waals surface area contributed by atoms with Gasteiger partial charge in [0, 0.05) is 30.2 Å². The molecule has 1 fully saturated rings. The number of allylic oxidation sites excluding steroid dienone is 1. The largest absolute Gasteiger partial charge is 0.325 e.